The van der Waals surface area contributed by atoms with E-state index >= 15 is 0 Å². The van der Waals surface area contributed by atoms with Gasteiger partial charge in [0.1, 0.15) is 11.3 Å². The molecule has 0 atom stereocenters. The molecule has 0 radical (unpaired) electrons. The van der Waals surface area contributed by atoms with Crippen molar-refractivity contribution in [2.45, 2.75) is 75.4 Å². The monoisotopic (exact) mass is 396 g/mol. The third kappa shape index (κ3) is 3.19. The Hall–Kier alpha value is -2.15. The summed E-state index contributed by atoms with van der Waals surface area (Å²) < 4.78 is 2.27. The SMILES string of the molecule is CNC1CCC(Nc2ncc3cc4n(c3n2)C2(CCCCC2)CN(C)C4=O)CC1. The standard InChI is InChI=1S/C22H32N6O/c1-23-16-6-8-17(9-7-16)25-21-24-13-15-12-18-20(29)27(2)14-22(10-4-3-5-11-22)28(18)19(15)26-21/h12-13,16-17,23H,3-11,14H2,1-2H3,(H,24,25,26). The third-order valence-electron chi connectivity index (χ3n) is 7.37. The minimum atomic E-state index is -0.0194. The van der Waals surface area contributed by atoms with Gasteiger partial charge in [-0.1, -0.05) is 19.3 Å². The Balaban J connectivity index is 1.50. The fraction of sp³-hybridized carbons (Fsp3) is 0.682. The third-order valence-corrected chi connectivity index (χ3v) is 7.37. The summed E-state index contributed by atoms with van der Waals surface area (Å²) in [4.78, 5) is 24.3. The lowest BCUT2D eigenvalue weighted by atomic mass is 9.79. The summed E-state index contributed by atoms with van der Waals surface area (Å²) in [7, 11) is 3.98. The molecule has 0 saturated heterocycles. The lowest BCUT2D eigenvalue weighted by molar-refractivity contribution is 0.0543. The van der Waals surface area contributed by atoms with Crippen molar-refractivity contribution >= 4 is 22.9 Å². The first-order valence-electron chi connectivity index (χ1n) is 11.2. The van der Waals surface area contributed by atoms with E-state index in [0.29, 0.717) is 18.0 Å². The van der Waals surface area contributed by atoms with Gasteiger partial charge < -0.3 is 20.1 Å². The first-order valence-corrected chi connectivity index (χ1v) is 11.2. The van der Waals surface area contributed by atoms with Gasteiger partial charge in [-0.3, -0.25) is 4.79 Å². The van der Waals surface area contributed by atoms with E-state index in [-0.39, 0.29) is 11.4 Å². The Morgan fingerprint density at radius 1 is 1.10 bits per heavy atom. The Kier molecular flexibility index (Phi) is 4.73. The maximum Gasteiger partial charge on any atom is 0.270 e. The normalized spacial score (nSPS) is 26.7. The van der Waals surface area contributed by atoms with Gasteiger partial charge in [0.15, 0.2) is 0 Å². The number of amides is 1. The molecule has 5 rings (SSSR count). The van der Waals surface area contributed by atoms with Crippen LogP contribution in [0.15, 0.2) is 12.3 Å². The summed E-state index contributed by atoms with van der Waals surface area (Å²) in [6.45, 7) is 0.781. The number of hydrogen-bond acceptors (Lipinski definition) is 5. The molecular weight excluding hydrogens is 364 g/mol. The maximum atomic E-state index is 12.9. The van der Waals surface area contributed by atoms with Crippen molar-refractivity contribution in [2.24, 2.45) is 0 Å². The van der Waals surface area contributed by atoms with Crippen LogP contribution in [0.2, 0.25) is 0 Å². The van der Waals surface area contributed by atoms with Gasteiger partial charge in [-0.15, -0.1) is 0 Å². The van der Waals surface area contributed by atoms with Gasteiger partial charge in [0.2, 0.25) is 5.95 Å². The van der Waals surface area contributed by atoms with E-state index in [2.05, 4.69) is 20.2 Å². The quantitative estimate of drug-likeness (QED) is 0.834. The fourth-order valence-corrected chi connectivity index (χ4v) is 5.78. The number of fused-ring (bicyclic) bond motifs is 4. The molecule has 1 aliphatic heterocycles. The number of carbonyl (C=O) groups is 1. The van der Waals surface area contributed by atoms with E-state index in [0.717, 1.165) is 49.0 Å². The van der Waals surface area contributed by atoms with E-state index < -0.39 is 0 Å². The second-order valence-corrected chi connectivity index (χ2v) is 9.27. The largest absolute Gasteiger partial charge is 0.351 e. The number of anilines is 1. The Morgan fingerprint density at radius 3 is 2.55 bits per heavy atom. The van der Waals surface area contributed by atoms with Crippen molar-refractivity contribution in [3.8, 4) is 0 Å². The van der Waals surface area contributed by atoms with Crippen molar-refractivity contribution in [3.05, 3.63) is 18.0 Å². The number of carbonyl (C=O) groups excluding carboxylic acids is 1. The Morgan fingerprint density at radius 2 is 1.83 bits per heavy atom. The van der Waals surface area contributed by atoms with E-state index in [4.69, 9.17) is 4.98 Å². The molecule has 156 valence electrons. The highest BCUT2D eigenvalue weighted by molar-refractivity contribution is 5.99. The van der Waals surface area contributed by atoms with Gasteiger partial charge in [-0.25, -0.2) is 4.98 Å². The molecule has 3 heterocycles. The van der Waals surface area contributed by atoms with Crippen LogP contribution in [0.1, 0.15) is 68.3 Å². The zero-order chi connectivity index (χ0) is 20.0. The van der Waals surface area contributed by atoms with Gasteiger partial charge in [0, 0.05) is 37.3 Å². The second-order valence-electron chi connectivity index (χ2n) is 9.27. The first-order chi connectivity index (χ1) is 14.1. The van der Waals surface area contributed by atoms with Crippen molar-refractivity contribution in [1.29, 1.82) is 0 Å². The summed E-state index contributed by atoms with van der Waals surface area (Å²) in [5.74, 6) is 0.794. The summed E-state index contributed by atoms with van der Waals surface area (Å²) >= 11 is 0. The number of aromatic nitrogens is 3. The average molecular weight is 397 g/mol. The van der Waals surface area contributed by atoms with Gasteiger partial charge in [0.25, 0.3) is 5.91 Å². The molecule has 2 fully saturated rings. The molecule has 2 aromatic rings. The van der Waals surface area contributed by atoms with Crippen LogP contribution in [0, 0.1) is 0 Å². The highest BCUT2D eigenvalue weighted by atomic mass is 16.2. The number of hydrogen-bond donors (Lipinski definition) is 2. The first kappa shape index (κ1) is 18.9. The summed E-state index contributed by atoms with van der Waals surface area (Å²) in [6.07, 6.45) is 12.5. The predicted octanol–water partition coefficient (Wildman–Crippen LogP) is 3.12. The van der Waals surface area contributed by atoms with Gasteiger partial charge in [0.05, 0.1) is 5.54 Å². The Labute approximate surface area is 172 Å². The lowest BCUT2D eigenvalue weighted by Gasteiger charge is -2.45. The van der Waals surface area contributed by atoms with E-state index in [9.17, 15) is 4.79 Å². The predicted molar refractivity (Wildman–Crippen MR) is 114 cm³/mol. The van der Waals surface area contributed by atoms with Crippen LogP contribution in [-0.2, 0) is 5.54 Å². The zero-order valence-corrected chi connectivity index (χ0v) is 17.6. The molecule has 3 aliphatic rings. The Bertz CT molecular complexity index is 907. The summed E-state index contributed by atoms with van der Waals surface area (Å²) in [5, 5.41) is 7.92. The number of nitrogens with zero attached hydrogens (tertiary/aromatic N) is 4. The summed E-state index contributed by atoms with van der Waals surface area (Å²) in [5.41, 5.74) is 1.68. The van der Waals surface area contributed by atoms with Crippen LogP contribution in [0.25, 0.3) is 11.0 Å². The van der Waals surface area contributed by atoms with Crippen molar-refractivity contribution in [3.63, 3.8) is 0 Å². The smallest absolute Gasteiger partial charge is 0.270 e. The minimum absolute atomic E-state index is 0.0194. The average Bonchev–Trinajstić information content (AvgIpc) is 3.13. The van der Waals surface area contributed by atoms with Crippen LogP contribution >= 0.6 is 0 Å². The number of nitrogens with one attached hydrogen (secondary N) is 2. The molecule has 0 unspecified atom stereocenters. The molecule has 0 bridgehead atoms. The van der Waals surface area contributed by atoms with E-state index in [1.807, 2.05) is 31.3 Å². The molecule has 0 aromatic carbocycles. The maximum absolute atomic E-state index is 12.9. The van der Waals surface area contributed by atoms with Crippen LogP contribution < -0.4 is 10.6 Å². The molecule has 7 nitrogen and oxygen atoms in total. The number of likely N-dealkylation sites (N-methyl/N-ethyl adjacent to an activating group) is 1. The molecule has 29 heavy (non-hydrogen) atoms. The molecule has 2 aromatic heterocycles. The van der Waals surface area contributed by atoms with Crippen LogP contribution in [0.5, 0.6) is 0 Å². The van der Waals surface area contributed by atoms with Crippen molar-refractivity contribution in [1.82, 2.24) is 24.8 Å². The number of rotatable bonds is 3. The molecule has 1 amide bonds. The highest BCUT2D eigenvalue weighted by Gasteiger charge is 2.43. The van der Waals surface area contributed by atoms with Gasteiger partial charge in [-0.2, -0.15) is 4.98 Å². The molecule has 1 spiro atoms. The molecular formula is C22H32N6O. The van der Waals surface area contributed by atoms with Crippen LogP contribution in [-0.4, -0.2) is 58.1 Å². The fourth-order valence-electron chi connectivity index (χ4n) is 5.78. The van der Waals surface area contributed by atoms with Crippen molar-refractivity contribution in [2.75, 3.05) is 26.0 Å². The van der Waals surface area contributed by atoms with Gasteiger partial charge in [-0.05, 0) is 51.6 Å². The van der Waals surface area contributed by atoms with Crippen LogP contribution in [0.3, 0.4) is 0 Å². The second kappa shape index (κ2) is 7.27. The summed E-state index contributed by atoms with van der Waals surface area (Å²) in [6, 6.07) is 3.04. The lowest BCUT2D eigenvalue weighted by Crippen LogP contribution is -2.53. The molecule has 2 aliphatic carbocycles. The topological polar surface area (TPSA) is 75.1 Å². The molecule has 2 saturated carbocycles. The van der Waals surface area contributed by atoms with E-state index in [1.165, 1.54) is 32.1 Å². The van der Waals surface area contributed by atoms with E-state index in [1.54, 1.807) is 0 Å². The highest BCUT2D eigenvalue weighted by Crippen LogP contribution is 2.42. The molecule has 7 heteroatoms. The minimum Gasteiger partial charge on any atom is -0.351 e. The molecule has 2 N–H and O–H groups in total. The van der Waals surface area contributed by atoms with Crippen LogP contribution in [0.4, 0.5) is 5.95 Å². The van der Waals surface area contributed by atoms with Crippen molar-refractivity contribution < 1.29 is 4.79 Å². The zero-order valence-electron chi connectivity index (χ0n) is 17.6. The van der Waals surface area contributed by atoms with Gasteiger partial charge >= 0.3 is 0 Å².